The quantitative estimate of drug-likeness (QED) is 0.875. The van der Waals surface area contributed by atoms with Crippen LogP contribution in [0.2, 0.25) is 0 Å². The molecule has 1 amide bonds. The van der Waals surface area contributed by atoms with E-state index in [0.29, 0.717) is 23.8 Å². The Hall–Kier alpha value is -1.29. The second kappa shape index (κ2) is 7.52. The highest BCUT2D eigenvalue weighted by molar-refractivity contribution is 5.79. The Bertz CT molecular complexity index is 518. The third kappa shape index (κ3) is 4.37. The van der Waals surface area contributed by atoms with E-state index >= 15 is 0 Å². The molecule has 2 fully saturated rings. The van der Waals surface area contributed by atoms with Gasteiger partial charge in [-0.1, -0.05) is 6.42 Å². The SMILES string of the molecule is CC(C)n1ccc(CN2CCC[C@@H](CNC(=O)C3CCC3)C2)c1. The standard InChI is InChI=1S/C19H31N3O/c1-15(2)22-10-8-17(14-22)13-21-9-4-5-16(12-21)11-20-19(23)18-6-3-7-18/h8,10,14-16,18H,3-7,9,11-13H2,1-2H3,(H,20,23)/t16-/m0/s1. The monoisotopic (exact) mass is 317 g/mol. The summed E-state index contributed by atoms with van der Waals surface area (Å²) in [5.74, 6) is 1.22. The highest BCUT2D eigenvalue weighted by atomic mass is 16.1. The topological polar surface area (TPSA) is 37.3 Å². The number of carbonyl (C=O) groups excluding carboxylic acids is 1. The van der Waals surface area contributed by atoms with E-state index in [1.165, 1.54) is 31.4 Å². The lowest BCUT2D eigenvalue weighted by molar-refractivity contribution is -0.127. The number of nitrogens with zero attached hydrogens (tertiary/aromatic N) is 2. The van der Waals surface area contributed by atoms with Gasteiger partial charge in [0.05, 0.1) is 0 Å². The summed E-state index contributed by atoms with van der Waals surface area (Å²) in [6.45, 7) is 8.61. The fourth-order valence-electron chi connectivity index (χ4n) is 3.65. The highest BCUT2D eigenvalue weighted by Crippen LogP contribution is 2.26. The smallest absolute Gasteiger partial charge is 0.223 e. The van der Waals surface area contributed by atoms with Crippen molar-refractivity contribution in [3.05, 3.63) is 24.0 Å². The molecular weight excluding hydrogens is 286 g/mol. The second-order valence-electron chi connectivity index (χ2n) is 7.68. The van der Waals surface area contributed by atoms with Gasteiger partial charge in [-0.05, 0) is 63.6 Å². The van der Waals surface area contributed by atoms with Crippen molar-refractivity contribution in [2.45, 2.75) is 58.5 Å². The summed E-state index contributed by atoms with van der Waals surface area (Å²) in [5, 5.41) is 3.19. The lowest BCUT2D eigenvalue weighted by Gasteiger charge is -2.33. The highest BCUT2D eigenvalue weighted by Gasteiger charge is 2.26. The van der Waals surface area contributed by atoms with Crippen LogP contribution in [0, 0.1) is 11.8 Å². The van der Waals surface area contributed by atoms with Crippen LogP contribution in [0.3, 0.4) is 0 Å². The van der Waals surface area contributed by atoms with Gasteiger partial charge in [0.1, 0.15) is 0 Å². The summed E-state index contributed by atoms with van der Waals surface area (Å²) < 4.78 is 2.27. The molecule has 4 heteroatoms. The van der Waals surface area contributed by atoms with Gasteiger partial charge in [0.25, 0.3) is 0 Å². The van der Waals surface area contributed by atoms with Gasteiger partial charge in [-0.3, -0.25) is 9.69 Å². The summed E-state index contributed by atoms with van der Waals surface area (Å²) in [5.41, 5.74) is 1.40. The van der Waals surface area contributed by atoms with Gasteiger partial charge in [-0.2, -0.15) is 0 Å². The van der Waals surface area contributed by atoms with Gasteiger partial charge in [-0.15, -0.1) is 0 Å². The van der Waals surface area contributed by atoms with Crippen LogP contribution in [0.25, 0.3) is 0 Å². The summed E-state index contributed by atoms with van der Waals surface area (Å²) in [6.07, 6.45) is 10.4. The Balaban J connectivity index is 1.44. The van der Waals surface area contributed by atoms with Crippen LogP contribution in [0.1, 0.15) is 57.6 Å². The zero-order valence-corrected chi connectivity index (χ0v) is 14.6. The molecule has 2 heterocycles. The molecule has 1 saturated carbocycles. The van der Waals surface area contributed by atoms with Crippen molar-refractivity contribution in [2.75, 3.05) is 19.6 Å². The maximum atomic E-state index is 12.0. The summed E-state index contributed by atoms with van der Waals surface area (Å²) in [4.78, 5) is 14.5. The van der Waals surface area contributed by atoms with Gasteiger partial charge in [0, 0.05) is 44.0 Å². The third-order valence-electron chi connectivity index (χ3n) is 5.42. The molecule has 1 aromatic rings. The molecule has 1 saturated heterocycles. The molecular formula is C19H31N3O. The Labute approximate surface area is 140 Å². The predicted octanol–water partition coefficient (Wildman–Crippen LogP) is 3.20. The number of carbonyl (C=O) groups is 1. The van der Waals surface area contributed by atoms with Crippen LogP contribution in [-0.4, -0.2) is 35.0 Å². The van der Waals surface area contributed by atoms with E-state index in [1.54, 1.807) is 0 Å². The first-order valence-electron chi connectivity index (χ1n) is 9.28. The van der Waals surface area contributed by atoms with Crippen molar-refractivity contribution in [1.29, 1.82) is 0 Å². The Kier molecular flexibility index (Phi) is 5.42. The lowest BCUT2D eigenvalue weighted by Crippen LogP contribution is -2.42. The first-order valence-corrected chi connectivity index (χ1v) is 9.28. The van der Waals surface area contributed by atoms with Crippen molar-refractivity contribution in [3.63, 3.8) is 0 Å². The van der Waals surface area contributed by atoms with Crippen molar-refractivity contribution < 1.29 is 4.79 Å². The summed E-state index contributed by atoms with van der Waals surface area (Å²) in [7, 11) is 0. The van der Waals surface area contributed by atoms with Crippen LogP contribution < -0.4 is 5.32 Å². The normalized spacial score (nSPS) is 23.0. The minimum atomic E-state index is 0.294. The minimum absolute atomic E-state index is 0.294. The molecule has 23 heavy (non-hydrogen) atoms. The molecule has 1 N–H and O–H groups in total. The number of aromatic nitrogens is 1. The van der Waals surface area contributed by atoms with E-state index < -0.39 is 0 Å². The lowest BCUT2D eigenvalue weighted by atomic mass is 9.84. The Morgan fingerprint density at radius 3 is 2.78 bits per heavy atom. The molecule has 2 aliphatic rings. The van der Waals surface area contributed by atoms with Gasteiger partial charge in [0.2, 0.25) is 5.91 Å². The van der Waals surface area contributed by atoms with Crippen molar-refractivity contribution in [1.82, 2.24) is 14.8 Å². The van der Waals surface area contributed by atoms with Gasteiger partial charge in [0.15, 0.2) is 0 Å². The maximum Gasteiger partial charge on any atom is 0.223 e. The molecule has 1 aliphatic carbocycles. The van der Waals surface area contributed by atoms with E-state index in [9.17, 15) is 4.79 Å². The zero-order chi connectivity index (χ0) is 16.2. The molecule has 0 spiro atoms. The molecule has 1 atom stereocenters. The summed E-state index contributed by atoms with van der Waals surface area (Å²) in [6, 6.07) is 2.77. The first kappa shape index (κ1) is 16.6. The van der Waals surface area contributed by atoms with E-state index in [2.05, 4.69) is 47.1 Å². The largest absolute Gasteiger partial charge is 0.356 e. The van der Waals surface area contributed by atoms with Gasteiger partial charge in [-0.25, -0.2) is 0 Å². The maximum absolute atomic E-state index is 12.0. The third-order valence-corrected chi connectivity index (χ3v) is 5.42. The van der Waals surface area contributed by atoms with E-state index in [0.717, 1.165) is 32.5 Å². The molecule has 0 aromatic carbocycles. The number of nitrogens with one attached hydrogen (secondary N) is 1. The van der Waals surface area contributed by atoms with E-state index in [1.807, 2.05) is 0 Å². The van der Waals surface area contributed by atoms with E-state index in [-0.39, 0.29) is 0 Å². The molecule has 0 radical (unpaired) electrons. The molecule has 3 rings (SSSR count). The zero-order valence-electron chi connectivity index (χ0n) is 14.6. The van der Waals surface area contributed by atoms with Crippen LogP contribution >= 0.6 is 0 Å². The number of hydrogen-bond donors (Lipinski definition) is 1. The molecule has 128 valence electrons. The predicted molar refractivity (Wildman–Crippen MR) is 93.2 cm³/mol. The molecule has 0 unspecified atom stereocenters. The fraction of sp³-hybridized carbons (Fsp3) is 0.737. The van der Waals surface area contributed by atoms with Gasteiger partial charge < -0.3 is 9.88 Å². The minimum Gasteiger partial charge on any atom is -0.356 e. The molecule has 4 nitrogen and oxygen atoms in total. The number of piperidine rings is 1. The Morgan fingerprint density at radius 1 is 1.30 bits per heavy atom. The molecule has 1 aliphatic heterocycles. The van der Waals surface area contributed by atoms with E-state index in [4.69, 9.17) is 0 Å². The first-order chi connectivity index (χ1) is 11.1. The number of likely N-dealkylation sites (tertiary alicyclic amines) is 1. The number of amides is 1. The van der Waals surface area contributed by atoms with Gasteiger partial charge >= 0.3 is 0 Å². The second-order valence-corrected chi connectivity index (χ2v) is 7.68. The van der Waals surface area contributed by atoms with Crippen LogP contribution in [0.4, 0.5) is 0 Å². The summed E-state index contributed by atoms with van der Waals surface area (Å²) >= 11 is 0. The average molecular weight is 317 g/mol. The van der Waals surface area contributed by atoms with Crippen molar-refractivity contribution >= 4 is 5.91 Å². The van der Waals surface area contributed by atoms with Crippen LogP contribution in [-0.2, 0) is 11.3 Å². The number of hydrogen-bond acceptors (Lipinski definition) is 2. The molecule has 1 aromatic heterocycles. The molecule has 0 bridgehead atoms. The Morgan fingerprint density at radius 2 is 2.13 bits per heavy atom. The number of rotatable bonds is 6. The van der Waals surface area contributed by atoms with Crippen LogP contribution in [0.15, 0.2) is 18.5 Å². The van der Waals surface area contributed by atoms with Crippen molar-refractivity contribution in [3.8, 4) is 0 Å². The average Bonchev–Trinajstić information content (AvgIpc) is 2.92. The fourth-order valence-corrected chi connectivity index (χ4v) is 3.65. The van der Waals surface area contributed by atoms with Crippen LogP contribution in [0.5, 0.6) is 0 Å². The van der Waals surface area contributed by atoms with Crippen molar-refractivity contribution in [2.24, 2.45) is 11.8 Å².